The van der Waals surface area contributed by atoms with Crippen LogP contribution in [0.1, 0.15) is 29.5 Å². The van der Waals surface area contributed by atoms with Crippen LogP contribution < -0.4 is 0 Å². The van der Waals surface area contributed by atoms with Gasteiger partial charge in [-0.1, -0.05) is 13.3 Å². The Balaban J connectivity index is 2.48. The number of hydrogen-bond donors (Lipinski definition) is 1. The lowest BCUT2D eigenvalue weighted by atomic mass is 10.2. The first-order chi connectivity index (χ1) is 8.22. The highest BCUT2D eigenvalue weighted by atomic mass is 16.4. The van der Waals surface area contributed by atoms with Crippen molar-refractivity contribution in [1.82, 2.24) is 14.8 Å². The quantitative estimate of drug-likeness (QED) is 0.872. The van der Waals surface area contributed by atoms with Gasteiger partial charge in [0, 0.05) is 11.9 Å². The van der Waals surface area contributed by atoms with E-state index in [1.807, 2.05) is 13.0 Å². The third kappa shape index (κ3) is 2.33. The Bertz CT molecular complexity index is 520. The van der Waals surface area contributed by atoms with E-state index in [2.05, 4.69) is 10.1 Å². The molecule has 1 N–H and O–H groups in total. The van der Waals surface area contributed by atoms with Crippen molar-refractivity contribution in [3.05, 3.63) is 42.0 Å². The Morgan fingerprint density at radius 2 is 2.35 bits per heavy atom. The number of carbonyl (C=O) groups is 1. The molecule has 2 rings (SSSR count). The Morgan fingerprint density at radius 3 is 2.94 bits per heavy atom. The maximum absolute atomic E-state index is 10.9. The molecule has 0 bridgehead atoms. The zero-order valence-corrected chi connectivity index (χ0v) is 9.50. The first kappa shape index (κ1) is 11.3. The van der Waals surface area contributed by atoms with E-state index in [1.165, 1.54) is 0 Å². The standard InChI is InChI=1S/C12H13N3O2/c1-2-4-9-7-11(12(16)17)14-15(9)10-5-3-6-13-8-10/h3,5-8H,2,4H2,1H3,(H,16,17). The topological polar surface area (TPSA) is 68.0 Å². The molecule has 2 aromatic heterocycles. The van der Waals surface area contributed by atoms with E-state index in [-0.39, 0.29) is 5.69 Å². The Labute approximate surface area is 98.7 Å². The number of aromatic nitrogens is 3. The van der Waals surface area contributed by atoms with Crippen LogP contribution in [0.2, 0.25) is 0 Å². The van der Waals surface area contributed by atoms with E-state index in [1.54, 1.807) is 29.2 Å². The van der Waals surface area contributed by atoms with Gasteiger partial charge >= 0.3 is 5.97 Å². The van der Waals surface area contributed by atoms with Crippen LogP contribution >= 0.6 is 0 Å². The van der Waals surface area contributed by atoms with Crippen molar-refractivity contribution in [2.24, 2.45) is 0 Å². The summed E-state index contributed by atoms with van der Waals surface area (Å²) in [5.41, 5.74) is 1.73. The number of carboxylic acid groups (broad SMARTS) is 1. The van der Waals surface area contributed by atoms with Crippen molar-refractivity contribution in [1.29, 1.82) is 0 Å². The van der Waals surface area contributed by atoms with Crippen LogP contribution in [0, 0.1) is 0 Å². The molecule has 0 fully saturated rings. The van der Waals surface area contributed by atoms with Gasteiger partial charge in [-0.25, -0.2) is 9.48 Å². The SMILES string of the molecule is CCCc1cc(C(=O)O)nn1-c1cccnc1. The molecule has 0 aromatic carbocycles. The second-order valence-corrected chi connectivity index (χ2v) is 3.70. The third-order valence-corrected chi connectivity index (χ3v) is 2.40. The molecule has 0 unspecified atom stereocenters. The summed E-state index contributed by atoms with van der Waals surface area (Å²) in [5.74, 6) is -1.01. The van der Waals surface area contributed by atoms with E-state index >= 15 is 0 Å². The fourth-order valence-electron chi connectivity index (χ4n) is 1.66. The number of carboxylic acids is 1. The Kier molecular flexibility index (Phi) is 3.18. The number of hydrogen-bond acceptors (Lipinski definition) is 3. The number of rotatable bonds is 4. The fourth-order valence-corrected chi connectivity index (χ4v) is 1.66. The predicted molar refractivity (Wildman–Crippen MR) is 62.3 cm³/mol. The second-order valence-electron chi connectivity index (χ2n) is 3.70. The van der Waals surface area contributed by atoms with Gasteiger partial charge in [0.05, 0.1) is 11.9 Å². The van der Waals surface area contributed by atoms with Gasteiger partial charge in [0.2, 0.25) is 0 Å². The summed E-state index contributed by atoms with van der Waals surface area (Å²) in [6.45, 7) is 2.04. The van der Waals surface area contributed by atoms with Crippen molar-refractivity contribution < 1.29 is 9.90 Å². The molecule has 17 heavy (non-hydrogen) atoms. The van der Waals surface area contributed by atoms with Gasteiger partial charge in [0.15, 0.2) is 5.69 Å². The molecule has 0 radical (unpaired) electrons. The maximum atomic E-state index is 10.9. The minimum absolute atomic E-state index is 0.0669. The van der Waals surface area contributed by atoms with Gasteiger partial charge in [-0.2, -0.15) is 5.10 Å². The number of pyridine rings is 1. The Hall–Kier alpha value is -2.17. The summed E-state index contributed by atoms with van der Waals surface area (Å²) in [4.78, 5) is 14.9. The molecule has 0 aliphatic rings. The van der Waals surface area contributed by atoms with E-state index < -0.39 is 5.97 Å². The number of aromatic carboxylic acids is 1. The van der Waals surface area contributed by atoms with Crippen molar-refractivity contribution in [2.45, 2.75) is 19.8 Å². The lowest BCUT2D eigenvalue weighted by molar-refractivity contribution is 0.0690. The average molecular weight is 231 g/mol. The average Bonchev–Trinajstić information content (AvgIpc) is 2.75. The zero-order valence-electron chi connectivity index (χ0n) is 9.50. The van der Waals surface area contributed by atoms with Crippen molar-refractivity contribution in [3.8, 4) is 5.69 Å². The highest BCUT2D eigenvalue weighted by Gasteiger charge is 2.13. The molecule has 2 aromatic rings. The highest BCUT2D eigenvalue weighted by molar-refractivity contribution is 5.85. The summed E-state index contributed by atoms with van der Waals surface area (Å²) in [7, 11) is 0. The van der Waals surface area contributed by atoms with Gasteiger partial charge < -0.3 is 5.11 Å². The van der Waals surface area contributed by atoms with E-state index in [0.717, 1.165) is 24.2 Å². The lowest BCUT2D eigenvalue weighted by Gasteiger charge is -2.04. The summed E-state index contributed by atoms with van der Waals surface area (Å²) >= 11 is 0. The van der Waals surface area contributed by atoms with Crippen molar-refractivity contribution in [2.75, 3.05) is 0 Å². The zero-order chi connectivity index (χ0) is 12.3. The molecule has 88 valence electrons. The van der Waals surface area contributed by atoms with E-state index in [0.29, 0.717) is 0 Å². The lowest BCUT2D eigenvalue weighted by Crippen LogP contribution is -2.04. The molecular weight excluding hydrogens is 218 g/mol. The van der Waals surface area contributed by atoms with Crippen LogP contribution in [0.4, 0.5) is 0 Å². The second kappa shape index (κ2) is 4.78. The van der Waals surface area contributed by atoms with Crippen LogP contribution in [-0.4, -0.2) is 25.8 Å². The smallest absolute Gasteiger partial charge is 0.356 e. The van der Waals surface area contributed by atoms with E-state index in [4.69, 9.17) is 5.11 Å². The van der Waals surface area contributed by atoms with Crippen molar-refractivity contribution in [3.63, 3.8) is 0 Å². The predicted octanol–water partition coefficient (Wildman–Crippen LogP) is 1.92. The fraction of sp³-hybridized carbons (Fsp3) is 0.250. The van der Waals surface area contributed by atoms with Crippen LogP contribution in [0.15, 0.2) is 30.6 Å². The van der Waals surface area contributed by atoms with Gasteiger partial charge in [-0.3, -0.25) is 4.98 Å². The van der Waals surface area contributed by atoms with Gasteiger partial charge in [0.1, 0.15) is 0 Å². The van der Waals surface area contributed by atoms with Crippen LogP contribution in [0.5, 0.6) is 0 Å². The first-order valence-electron chi connectivity index (χ1n) is 5.45. The highest BCUT2D eigenvalue weighted by Crippen LogP contribution is 2.13. The molecule has 5 nitrogen and oxygen atoms in total. The number of nitrogens with zero attached hydrogens (tertiary/aromatic N) is 3. The van der Waals surface area contributed by atoms with Crippen molar-refractivity contribution >= 4 is 5.97 Å². The van der Waals surface area contributed by atoms with Crippen LogP contribution in [-0.2, 0) is 6.42 Å². The molecule has 5 heteroatoms. The number of aryl methyl sites for hydroxylation is 1. The summed E-state index contributed by atoms with van der Waals surface area (Å²) < 4.78 is 1.64. The van der Waals surface area contributed by atoms with Crippen LogP contribution in [0.25, 0.3) is 5.69 Å². The molecule has 0 aliphatic heterocycles. The van der Waals surface area contributed by atoms with E-state index in [9.17, 15) is 4.79 Å². The maximum Gasteiger partial charge on any atom is 0.356 e. The molecule has 0 aliphatic carbocycles. The van der Waals surface area contributed by atoms with Crippen LogP contribution in [0.3, 0.4) is 0 Å². The minimum Gasteiger partial charge on any atom is -0.476 e. The molecule has 0 spiro atoms. The molecule has 0 atom stereocenters. The first-order valence-corrected chi connectivity index (χ1v) is 5.45. The monoisotopic (exact) mass is 231 g/mol. The molecule has 0 saturated heterocycles. The molecule has 0 saturated carbocycles. The minimum atomic E-state index is -1.01. The third-order valence-electron chi connectivity index (χ3n) is 2.40. The molecule has 0 amide bonds. The Morgan fingerprint density at radius 1 is 1.53 bits per heavy atom. The molecule has 2 heterocycles. The van der Waals surface area contributed by atoms with Gasteiger partial charge in [0.25, 0.3) is 0 Å². The van der Waals surface area contributed by atoms with Gasteiger partial charge in [-0.15, -0.1) is 0 Å². The summed E-state index contributed by atoms with van der Waals surface area (Å²) in [6.07, 6.45) is 5.06. The van der Waals surface area contributed by atoms with Gasteiger partial charge in [-0.05, 0) is 24.6 Å². The normalized spacial score (nSPS) is 10.4. The largest absolute Gasteiger partial charge is 0.476 e. The summed E-state index contributed by atoms with van der Waals surface area (Å²) in [6, 6.07) is 5.26. The molecular formula is C12H13N3O2. The summed E-state index contributed by atoms with van der Waals surface area (Å²) in [5, 5.41) is 13.0.